The van der Waals surface area contributed by atoms with Crippen molar-refractivity contribution in [2.45, 2.75) is 6.42 Å². The topological polar surface area (TPSA) is 58.0 Å². The molecule has 0 fully saturated rings. The first-order valence-electron chi connectivity index (χ1n) is 4.45. The lowest BCUT2D eigenvalue weighted by Gasteiger charge is -2.02. The maximum Gasteiger partial charge on any atom is 0.223 e. The molecule has 2 aromatic heterocycles. The molecule has 0 saturated heterocycles. The zero-order chi connectivity index (χ0) is 9.80. The largest absolute Gasteiger partial charge is 0.396 e. The number of nitrogens with zero attached hydrogens (tertiary/aromatic N) is 2. The van der Waals surface area contributed by atoms with Crippen molar-refractivity contribution in [1.29, 1.82) is 0 Å². The molecule has 0 aliphatic heterocycles. The van der Waals surface area contributed by atoms with Crippen LogP contribution in [0.15, 0.2) is 17.6 Å². The van der Waals surface area contributed by atoms with Crippen LogP contribution < -0.4 is 5.32 Å². The highest BCUT2D eigenvalue weighted by molar-refractivity contribution is 7.17. The minimum Gasteiger partial charge on any atom is -0.396 e. The lowest BCUT2D eigenvalue weighted by atomic mass is 10.4. The highest BCUT2D eigenvalue weighted by atomic mass is 32.1. The molecule has 0 amide bonds. The van der Waals surface area contributed by atoms with Crippen LogP contribution in [0.4, 0.5) is 5.95 Å². The second-order valence-corrected chi connectivity index (χ2v) is 3.82. The van der Waals surface area contributed by atoms with Crippen LogP contribution in [0.25, 0.3) is 10.2 Å². The minimum atomic E-state index is 0.188. The van der Waals surface area contributed by atoms with E-state index >= 15 is 0 Å². The molecule has 2 rings (SSSR count). The van der Waals surface area contributed by atoms with E-state index in [1.54, 1.807) is 11.3 Å². The summed E-state index contributed by atoms with van der Waals surface area (Å²) in [4.78, 5) is 8.47. The van der Waals surface area contributed by atoms with Crippen molar-refractivity contribution in [3.05, 3.63) is 17.6 Å². The van der Waals surface area contributed by atoms with Gasteiger partial charge in [0.05, 0.1) is 16.4 Å². The monoisotopic (exact) mass is 209 g/mol. The molecule has 0 atom stereocenters. The molecule has 0 unspecified atom stereocenters. The maximum atomic E-state index is 8.60. The predicted molar refractivity (Wildman–Crippen MR) is 57.6 cm³/mol. The Kier molecular flexibility index (Phi) is 2.90. The summed E-state index contributed by atoms with van der Waals surface area (Å²) in [7, 11) is 0. The first-order chi connectivity index (χ1) is 6.90. The lowest BCUT2D eigenvalue weighted by molar-refractivity contribution is 0.292. The molecule has 2 aromatic rings. The Bertz CT molecular complexity index is 415. The molecule has 2 heterocycles. The molecule has 74 valence electrons. The standard InChI is InChI=1S/C9H11N3OS/c13-4-1-3-10-9-11-6-8-7(12-9)2-5-14-8/h2,5-6,13H,1,3-4H2,(H,10,11,12). The quantitative estimate of drug-likeness (QED) is 0.749. The fraction of sp³-hybridized carbons (Fsp3) is 0.333. The predicted octanol–water partition coefficient (Wildman–Crippen LogP) is 1.49. The maximum absolute atomic E-state index is 8.60. The van der Waals surface area contributed by atoms with Crippen LogP contribution >= 0.6 is 11.3 Å². The molecule has 0 spiro atoms. The summed E-state index contributed by atoms with van der Waals surface area (Å²) in [6.45, 7) is 0.889. The van der Waals surface area contributed by atoms with Crippen molar-refractivity contribution in [3.63, 3.8) is 0 Å². The first-order valence-corrected chi connectivity index (χ1v) is 5.33. The van der Waals surface area contributed by atoms with Crippen molar-refractivity contribution in [2.75, 3.05) is 18.5 Å². The van der Waals surface area contributed by atoms with Gasteiger partial charge in [-0.3, -0.25) is 0 Å². The van der Waals surface area contributed by atoms with E-state index in [1.807, 2.05) is 17.6 Å². The Morgan fingerprint density at radius 2 is 2.43 bits per heavy atom. The van der Waals surface area contributed by atoms with Crippen LogP contribution in [0.1, 0.15) is 6.42 Å². The van der Waals surface area contributed by atoms with Gasteiger partial charge in [0.1, 0.15) is 0 Å². The van der Waals surface area contributed by atoms with Crippen LogP contribution in [-0.2, 0) is 0 Å². The van der Waals surface area contributed by atoms with Crippen molar-refractivity contribution in [2.24, 2.45) is 0 Å². The van der Waals surface area contributed by atoms with Crippen LogP contribution in [0.2, 0.25) is 0 Å². The Balaban J connectivity index is 2.10. The molecule has 4 nitrogen and oxygen atoms in total. The van der Waals surface area contributed by atoms with Gasteiger partial charge in [0, 0.05) is 13.2 Å². The summed E-state index contributed by atoms with van der Waals surface area (Å²) in [5.74, 6) is 0.629. The molecule has 0 aliphatic carbocycles. The number of hydrogen-bond acceptors (Lipinski definition) is 5. The van der Waals surface area contributed by atoms with E-state index in [0.29, 0.717) is 18.9 Å². The minimum absolute atomic E-state index is 0.188. The highest BCUT2D eigenvalue weighted by Gasteiger charge is 1.99. The van der Waals surface area contributed by atoms with Gasteiger partial charge in [-0.25, -0.2) is 9.97 Å². The van der Waals surface area contributed by atoms with E-state index in [2.05, 4.69) is 15.3 Å². The molecule has 0 aromatic carbocycles. The SMILES string of the molecule is OCCCNc1ncc2sccc2n1. The van der Waals surface area contributed by atoms with Crippen LogP contribution in [-0.4, -0.2) is 28.2 Å². The van der Waals surface area contributed by atoms with Crippen molar-refractivity contribution in [1.82, 2.24) is 9.97 Å². The molecule has 0 aliphatic rings. The second-order valence-electron chi connectivity index (χ2n) is 2.87. The molecule has 5 heteroatoms. The summed E-state index contributed by atoms with van der Waals surface area (Å²) in [5, 5.41) is 13.7. The smallest absolute Gasteiger partial charge is 0.223 e. The van der Waals surface area contributed by atoms with Gasteiger partial charge in [-0.05, 0) is 17.9 Å². The average Bonchev–Trinajstić information content (AvgIpc) is 2.65. The number of nitrogens with one attached hydrogen (secondary N) is 1. The second kappa shape index (κ2) is 4.34. The molecular formula is C9H11N3OS. The number of aliphatic hydroxyl groups is 1. The van der Waals surface area contributed by atoms with Crippen LogP contribution in [0, 0.1) is 0 Å². The molecule has 14 heavy (non-hydrogen) atoms. The number of fused-ring (bicyclic) bond motifs is 1. The van der Waals surface area contributed by atoms with Gasteiger partial charge in [-0.2, -0.15) is 0 Å². The van der Waals surface area contributed by atoms with E-state index in [1.165, 1.54) is 0 Å². The van der Waals surface area contributed by atoms with Crippen molar-refractivity contribution >= 4 is 27.5 Å². The third-order valence-electron chi connectivity index (χ3n) is 1.82. The Hall–Kier alpha value is -1.20. The van der Waals surface area contributed by atoms with E-state index in [9.17, 15) is 0 Å². The highest BCUT2D eigenvalue weighted by Crippen LogP contribution is 2.18. The van der Waals surface area contributed by atoms with Gasteiger partial charge in [-0.15, -0.1) is 11.3 Å². The van der Waals surface area contributed by atoms with Crippen molar-refractivity contribution < 1.29 is 5.11 Å². The summed E-state index contributed by atoms with van der Waals surface area (Å²) >= 11 is 1.63. The van der Waals surface area contributed by atoms with Gasteiger partial charge in [-0.1, -0.05) is 0 Å². The third kappa shape index (κ3) is 2.00. The van der Waals surface area contributed by atoms with Gasteiger partial charge in [0.2, 0.25) is 5.95 Å². The van der Waals surface area contributed by atoms with E-state index in [0.717, 1.165) is 10.2 Å². The fourth-order valence-electron chi connectivity index (χ4n) is 1.13. The zero-order valence-corrected chi connectivity index (χ0v) is 8.42. The van der Waals surface area contributed by atoms with Gasteiger partial charge in [0.25, 0.3) is 0 Å². The summed E-state index contributed by atoms with van der Waals surface area (Å²) in [6, 6.07) is 1.97. The van der Waals surface area contributed by atoms with Gasteiger partial charge < -0.3 is 10.4 Å². The zero-order valence-electron chi connectivity index (χ0n) is 7.60. The van der Waals surface area contributed by atoms with E-state index < -0.39 is 0 Å². The van der Waals surface area contributed by atoms with E-state index in [4.69, 9.17) is 5.11 Å². The van der Waals surface area contributed by atoms with Gasteiger partial charge in [0.15, 0.2) is 0 Å². The number of hydrogen-bond donors (Lipinski definition) is 2. The summed E-state index contributed by atoms with van der Waals surface area (Å²) in [5.41, 5.74) is 0.969. The third-order valence-corrected chi connectivity index (χ3v) is 2.66. The molecule has 2 N–H and O–H groups in total. The number of rotatable bonds is 4. The number of thiophene rings is 1. The van der Waals surface area contributed by atoms with Crippen LogP contribution in [0.5, 0.6) is 0 Å². The Labute approximate surface area is 85.6 Å². The average molecular weight is 209 g/mol. The number of aromatic nitrogens is 2. The molecular weight excluding hydrogens is 198 g/mol. The molecule has 0 radical (unpaired) electrons. The van der Waals surface area contributed by atoms with Crippen LogP contribution in [0.3, 0.4) is 0 Å². The van der Waals surface area contributed by atoms with Gasteiger partial charge >= 0.3 is 0 Å². The molecule has 0 bridgehead atoms. The van der Waals surface area contributed by atoms with E-state index in [-0.39, 0.29) is 6.61 Å². The number of anilines is 1. The Morgan fingerprint density at radius 3 is 3.29 bits per heavy atom. The normalized spacial score (nSPS) is 10.6. The number of aliphatic hydroxyl groups excluding tert-OH is 1. The summed E-state index contributed by atoms with van der Waals surface area (Å²) < 4.78 is 1.10. The lowest BCUT2D eigenvalue weighted by Crippen LogP contribution is -2.06. The Morgan fingerprint density at radius 1 is 1.50 bits per heavy atom. The first kappa shape index (κ1) is 9.36. The van der Waals surface area contributed by atoms with Crippen molar-refractivity contribution in [3.8, 4) is 0 Å². The molecule has 0 saturated carbocycles. The fourth-order valence-corrected chi connectivity index (χ4v) is 1.82. The summed E-state index contributed by atoms with van der Waals surface area (Å²) in [6.07, 6.45) is 2.53.